The predicted octanol–water partition coefficient (Wildman–Crippen LogP) is 2.45. The zero-order valence-corrected chi connectivity index (χ0v) is 8.39. The first-order valence-electron chi connectivity index (χ1n) is 4.44. The smallest absolute Gasteiger partial charge is 0.145 e. The third kappa shape index (κ3) is 2.07. The van der Waals surface area contributed by atoms with Gasteiger partial charge in [-0.3, -0.25) is 0 Å². The number of alkyl halides is 1. The van der Waals surface area contributed by atoms with E-state index in [1.807, 2.05) is 32.0 Å². The van der Waals surface area contributed by atoms with Crippen molar-refractivity contribution in [3.05, 3.63) is 34.9 Å². The maximum atomic E-state index is 13.8. The van der Waals surface area contributed by atoms with Crippen molar-refractivity contribution in [3.63, 3.8) is 0 Å². The average Bonchev–Trinajstić information content (AvgIpc) is 2.03. The van der Waals surface area contributed by atoms with Gasteiger partial charge in [0.15, 0.2) is 0 Å². The molecule has 0 amide bonds. The Morgan fingerprint density at radius 1 is 1.38 bits per heavy atom. The first-order valence-corrected chi connectivity index (χ1v) is 4.44. The van der Waals surface area contributed by atoms with Crippen molar-refractivity contribution < 1.29 is 4.39 Å². The van der Waals surface area contributed by atoms with Crippen LogP contribution in [0.3, 0.4) is 0 Å². The fraction of sp³-hybridized carbons (Fsp3) is 0.455. The van der Waals surface area contributed by atoms with Crippen molar-refractivity contribution in [1.29, 1.82) is 0 Å². The topological polar surface area (TPSA) is 26.0 Å². The molecule has 1 unspecified atom stereocenters. The molecule has 13 heavy (non-hydrogen) atoms. The number of hydrogen-bond acceptors (Lipinski definition) is 1. The summed E-state index contributed by atoms with van der Waals surface area (Å²) in [6.07, 6.45) is 0. The third-order valence-electron chi connectivity index (χ3n) is 2.33. The van der Waals surface area contributed by atoms with E-state index < -0.39 is 5.67 Å². The van der Waals surface area contributed by atoms with Gasteiger partial charge in [-0.15, -0.1) is 0 Å². The largest absolute Gasteiger partial charge is 0.327 e. The van der Waals surface area contributed by atoms with Crippen LogP contribution in [0.1, 0.15) is 23.6 Å². The van der Waals surface area contributed by atoms with E-state index in [9.17, 15) is 4.39 Å². The second kappa shape index (κ2) is 3.46. The Balaban J connectivity index is 3.16. The van der Waals surface area contributed by atoms with Crippen LogP contribution in [-0.2, 0) is 5.67 Å². The molecule has 0 aromatic heterocycles. The first kappa shape index (κ1) is 10.2. The van der Waals surface area contributed by atoms with E-state index in [1.165, 1.54) is 6.92 Å². The highest BCUT2D eigenvalue weighted by atomic mass is 19.1. The molecule has 0 saturated carbocycles. The molecule has 1 aromatic carbocycles. The van der Waals surface area contributed by atoms with Gasteiger partial charge in [-0.2, -0.15) is 0 Å². The van der Waals surface area contributed by atoms with Gasteiger partial charge in [0.2, 0.25) is 0 Å². The van der Waals surface area contributed by atoms with Gasteiger partial charge in [0.25, 0.3) is 0 Å². The van der Waals surface area contributed by atoms with E-state index in [0.717, 1.165) is 11.1 Å². The molecule has 1 atom stereocenters. The van der Waals surface area contributed by atoms with Gasteiger partial charge >= 0.3 is 0 Å². The maximum absolute atomic E-state index is 13.8. The summed E-state index contributed by atoms with van der Waals surface area (Å²) in [7, 11) is 0. The van der Waals surface area contributed by atoms with Gasteiger partial charge in [-0.05, 0) is 31.9 Å². The van der Waals surface area contributed by atoms with E-state index in [-0.39, 0.29) is 6.54 Å². The van der Waals surface area contributed by atoms with Gasteiger partial charge in [0.05, 0.1) is 0 Å². The summed E-state index contributed by atoms with van der Waals surface area (Å²) in [5.74, 6) is 0. The Hall–Kier alpha value is -0.890. The minimum Gasteiger partial charge on any atom is -0.327 e. The second-order valence-corrected chi connectivity index (χ2v) is 3.72. The molecular formula is C11H16FN. The highest BCUT2D eigenvalue weighted by molar-refractivity contribution is 5.34. The highest BCUT2D eigenvalue weighted by Crippen LogP contribution is 2.27. The number of rotatable bonds is 2. The molecule has 1 rings (SSSR count). The first-order chi connectivity index (χ1) is 5.97. The number of nitrogens with two attached hydrogens (primary N) is 1. The Morgan fingerprint density at radius 3 is 2.46 bits per heavy atom. The van der Waals surface area contributed by atoms with Crippen LogP contribution in [-0.4, -0.2) is 6.54 Å². The fourth-order valence-electron chi connectivity index (χ4n) is 1.51. The summed E-state index contributed by atoms with van der Waals surface area (Å²) >= 11 is 0. The molecule has 0 radical (unpaired) electrons. The predicted molar refractivity (Wildman–Crippen MR) is 53.4 cm³/mol. The van der Waals surface area contributed by atoms with Gasteiger partial charge < -0.3 is 5.73 Å². The minimum absolute atomic E-state index is 0.0247. The van der Waals surface area contributed by atoms with Crippen LogP contribution in [0.15, 0.2) is 18.2 Å². The zero-order valence-electron chi connectivity index (χ0n) is 8.39. The third-order valence-corrected chi connectivity index (χ3v) is 2.33. The van der Waals surface area contributed by atoms with Crippen molar-refractivity contribution in [2.75, 3.05) is 6.54 Å². The van der Waals surface area contributed by atoms with Crippen molar-refractivity contribution in [2.24, 2.45) is 5.73 Å². The lowest BCUT2D eigenvalue weighted by molar-refractivity contribution is 0.202. The molecule has 1 nitrogen and oxygen atoms in total. The van der Waals surface area contributed by atoms with Crippen LogP contribution in [0.25, 0.3) is 0 Å². The van der Waals surface area contributed by atoms with Crippen LogP contribution in [0, 0.1) is 13.8 Å². The average molecular weight is 181 g/mol. The quantitative estimate of drug-likeness (QED) is 0.745. The highest BCUT2D eigenvalue weighted by Gasteiger charge is 2.25. The lowest BCUT2D eigenvalue weighted by atomic mass is 9.92. The van der Waals surface area contributed by atoms with E-state index in [0.29, 0.717) is 5.56 Å². The molecular weight excluding hydrogens is 165 g/mol. The van der Waals surface area contributed by atoms with Gasteiger partial charge in [-0.25, -0.2) is 4.39 Å². The summed E-state index contributed by atoms with van der Waals surface area (Å²) in [6.45, 7) is 5.45. The van der Waals surface area contributed by atoms with Gasteiger partial charge in [0, 0.05) is 6.54 Å². The molecule has 0 aliphatic rings. The SMILES string of the molecule is Cc1ccc(C(C)(F)CN)c(C)c1. The standard InChI is InChI=1S/C11H16FN/c1-8-4-5-10(9(2)6-8)11(3,12)7-13/h4-6H,7,13H2,1-3H3. The molecule has 0 aliphatic carbocycles. The van der Waals surface area contributed by atoms with Gasteiger partial charge in [-0.1, -0.05) is 23.8 Å². The van der Waals surface area contributed by atoms with Crippen molar-refractivity contribution >= 4 is 0 Å². The van der Waals surface area contributed by atoms with Crippen molar-refractivity contribution in [3.8, 4) is 0 Å². The molecule has 0 aliphatic heterocycles. The lowest BCUT2D eigenvalue weighted by Gasteiger charge is -2.21. The molecule has 2 N–H and O–H groups in total. The molecule has 72 valence electrons. The molecule has 0 fully saturated rings. The Morgan fingerprint density at radius 2 is 2.00 bits per heavy atom. The summed E-state index contributed by atoms with van der Waals surface area (Å²) < 4.78 is 13.8. The minimum atomic E-state index is -1.40. The summed E-state index contributed by atoms with van der Waals surface area (Å²) in [4.78, 5) is 0. The Kier molecular flexibility index (Phi) is 2.71. The zero-order chi connectivity index (χ0) is 10.1. The van der Waals surface area contributed by atoms with Crippen LogP contribution in [0.4, 0.5) is 4.39 Å². The fourth-order valence-corrected chi connectivity index (χ4v) is 1.51. The van der Waals surface area contributed by atoms with Crippen LogP contribution in [0.5, 0.6) is 0 Å². The van der Waals surface area contributed by atoms with E-state index >= 15 is 0 Å². The lowest BCUT2D eigenvalue weighted by Crippen LogP contribution is -2.27. The van der Waals surface area contributed by atoms with E-state index in [1.54, 1.807) is 0 Å². The molecule has 0 heterocycles. The molecule has 0 spiro atoms. The van der Waals surface area contributed by atoms with E-state index in [4.69, 9.17) is 5.73 Å². The van der Waals surface area contributed by atoms with Crippen molar-refractivity contribution in [1.82, 2.24) is 0 Å². The monoisotopic (exact) mass is 181 g/mol. The van der Waals surface area contributed by atoms with Crippen LogP contribution < -0.4 is 5.73 Å². The van der Waals surface area contributed by atoms with Crippen molar-refractivity contribution in [2.45, 2.75) is 26.4 Å². The van der Waals surface area contributed by atoms with Crippen LogP contribution in [0.2, 0.25) is 0 Å². The Labute approximate surface area is 78.8 Å². The molecule has 2 heteroatoms. The number of benzene rings is 1. The molecule has 1 aromatic rings. The summed E-state index contributed by atoms with van der Waals surface area (Å²) in [5.41, 5.74) is 6.78. The molecule has 0 saturated heterocycles. The Bertz CT molecular complexity index is 305. The number of aryl methyl sites for hydroxylation is 2. The number of hydrogen-bond donors (Lipinski definition) is 1. The van der Waals surface area contributed by atoms with Crippen LogP contribution >= 0.6 is 0 Å². The normalized spacial score (nSPS) is 15.5. The number of halogens is 1. The second-order valence-electron chi connectivity index (χ2n) is 3.72. The van der Waals surface area contributed by atoms with E-state index in [2.05, 4.69) is 0 Å². The summed E-state index contributed by atoms with van der Waals surface area (Å²) in [6, 6.07) is 5.70. The van der Waals surface area contributed by atoms with Gasteiger partial charge in [0.1, 0.15) is 5.67 Å². The summed E-state index contributed by atoms with van der Waals surface area (Å²) in [5, 5.41) is 0. The maximum Gasteiger partial charge on any atom is 0.145 e. The molecule has 0 bridgehead atoms.